The Morgan fingerprint density at radius 2 is 1.94 bits per heavy atom. The van der Waals surface area contributed by atoms with Crippen molar-refractivity contribution >= 4 is 30.6 Å². The summed E-state index contributed by atoms with van der Waals surface area (Å²) in [6, 6.07) is 7.82. The molecule has 16 heavy (non-hydrogen) atoms. The molecule has 0 fully saturated rings. The van der Waals surface area contributed by atoms with Crippen molar-refractivity contribution in [3.05, 3.63) is 30.5 Å². The molecule has 0 bridgehead atoms. The van der Waals surface area contributed by atoms with E-state index in [4.69, 9.17) is 0 Å². The molecule has 2 aromatic rings. The predicted molar refractivity (Wildman–Crippen MR) is 70.5 cm³/mol. The van der Waals surface area contributed by atoms with Crippen molar-refractivity contribution in [2.24, 2.45) is 7.05 Å². The third kappa shape index (κ3) is 2.87. The molecule has 0 aliphatic heterocycles. The Morgan fingerprint density at radius 1 is 1.19 bits per heavy atom. The van der Waals surface area contributed by atoms with Crippen molar-refractivity contribution in [2.75, 3.05) is 12.4 Å². The van der Waals surface area contributed by atoms with E-state index >= 15 is 0 Å². The number of nitrogens with one attached hydrogen (secondary N) is 1. The molecule has 0 aliphatic carbocycles. The fourth-order valence-electron chi connectivity index (χ4n) is 1.34. The van der Waals surface area contributed by atoms with Gasteiger partial charge in [-0.05, 0) is 18.2 Å². The summed E-state index contributed by atoms with van der Waals surface area (Å²) in [6.07, 6.45) is 1.77. The Labute approximate surface area is 107 Å². The lowest BCUT2D eigenvalue weighted by atomic mass is 10.2. The zero-order chi connectivity index (χ0) is 9.97. The van der Waals surface area contributed by atoms with E-state index in [1.54, 1.807) is 6.20 Å². The summed E-state index contributed by atoms with van der Waals surface area (Å²) in [5.41, 5.74) is 1.94. The maximum atomic E-state index is 4.42. The van der Waals surface area contributed by atoms with Gasteiger partial charge in [0.15, 0.2) is 0 Å². The molecule has 0 saturated carbocycles. The third-order valence-electron chi connectivity index (χ3n) is 2.09. The van der Waals surface area contributed by atoms with E-state index in [0.717, 1.165) is 17.2 Å². The molecule has 0 amide bonds. The maximum Gasteiger partial charge on any atom is 0.126 e. The summed E-state index contributed by atoms with van der Waals surface area (Å²) in [5.74, 6) is 0.865. The number of aryl methyl sites for hydroxylation is 1. The van der Waals surface area contributed by atoms with E-state index < -0.39 is 0 Å². The molecule has 2 heterocycles. The Hall–Kier alpha value is -1.26. The lowest BCUT2D eigenvalue weighted by Crippen LogP contribution is -1.97. The Balaban J connectivity index is 0.00000112. The number of halogens is 2. The monoisotopic (exact) mass is 260 g/mol. The molecule has 0 spiro atoms. The fourth-order valence-corrected chi connectivity index (χ4v) is 1.34. The number of nitrogens with zero attached hydrogens (tertiary/aromatic N) is 3. The highest BCUT2D eigenvalue weighted by Gasteiger charge is 2.03. The first kappa shape index (κ1) is 14.7. The van der Waals surface area contributed by atoms with Crippen molar-refractivity contribution in [2.45, 2.75) is 0 Å². The number of anilines is 1. The van der Waals surface area contributed by atoms with Gasteiger partial charge in [-0.2, -0.15) is 5.10 Å². The van der Waals surface area contributed by atoms with Gasteiger partial charge in [0.25, 0.3) is 0 Å². The highest BCUT2D eigenvalue weighted by atomic mass is 35.5. The standard InChI is InChI=1S/C10H12N4.2ClH/c1-11-10-5-3-4-8(13-10)9-6-7-12-14(9)2;;/h3-7H,1-2H3,(H,11,13);2*1H. The Kier molecular flexibility index (Phi) is 5.85. The van der Waals surface area contributed by atoms with Gasteiger partial charge in [-0.3, -0.25) is 4.68 Å². The molecule has 0 saturated heterocycles. The molecule has 0 aromatic carbocycles. The molecule has 0 aliphatic rings. The van der Waals surface area contributed by atoms with Crippen LogP contribution in [0.1, 0.15) is 0 Å². The van der Waals surface area contributed by atoms with Gasteiger partial charge in [-0.1, -0.05) is 6.07 Å². The van der Waals surface area contributed by atoms with Crippen LogP contribution in [-0.2, 0) is 7.05 Å². The molecule has 0 radical (unpaired) electrons. The minimum Gasteiger partial charge on any atom is -0.373 e. The summed E-state index contributed by atoms with van der Waals surface area (Å²) in [4.78, 5) is 4.42. The van der Waals surface area contributed by atoms with Crippen LogP contribution in [0.15, 0.2) is 30.5 Å². The van der Waals surface area contributed by atoms with E-state index in [-0.39, 0.29) is 24.8 Å². The summed E-state index contributed by atoms with van der Waals surface area (Å²) in [6.45, 7) is 0. The molecule has 88 valence electrons. The second-order valence-corrected chi connectivity index (χ2v) is 3.00. The highest BCUT2D eigenvalue weighted by Crippen LogP contribution is 2.16. The van der Waals surface area contributed by atoms with E-state index in [1.165, 1.54) is 0 Å². The first-order chi connectivity index (χ1) is 6.81. The molecule has 4 nitrogen and oxygen atoms in total. The summed E-state index contributed by atoms with van der Waals surface area (Å²) < 4.78 is 1.81. The Bertz CT molecular complexity index is 442. The highest BCUT2D eigenvalue weighted by molar-refractivity contribution is 5.85. The normalized spacial score (nSPS) is 8.88. The van der Waals surface area contributed by atoms with Crippen LogP contribution in [-0.4, -0.2) is 21.8 Å². The lowest BCUT2D eigenvalue weighted by Gasteiger charge is -2.03. The minimum absolute atomic E-state index is 0. The molecule has 2 rings (SSSR count). The molecule has 0 unspecified atom stereocenters. The summed E-state index contributed by atoms with van der Waals surface area (Å²) in [7, 11) is 3.76. The number of pyridine rings is 1. The second-order valence-electron chi connectivity index (χ2n) is 3.00. The number of hydrogen-bond donors (Lipinski definition) is 1. The van der Waals surface area contributed by atoms with Crippen LogP contribution in [0.5, 0.6) is 0 Å². The lowest BCUT2D eigenvalue weighted by molar-refractivity contribution is 0.773. The van der Waals surface area contributed by atoms with Gasteiger partial charge in [0.2, 0.25) is 0 Å². The molecule has 0 atom stereocenters. The summed E-state index contributed by atoms with van der Waals surface area (Å²) >= 11 is 0. The van der Waals surface area contributed by atoms with Crippen molar-refractivity contribution in [3.8, 4) is 11.4 Å². The Morgan fingerprint density at radius 3 is 2.50 bits per heavy atom. The van der Waals surface area contributed by atoms with Crippen molar-refractivity contribution in [3.63, 3.8) is 0 Å². The quantitative estimate of drug-likeness (QED) is 0.902. The summed E-state index contributed by atoms with van der Waals surface area (Å²) in [5, 5.41) is 7.11. The van der Waals surface area contributed by atoms with Crippen LogP contribution in [0.4, 0.5) is 5.82 Å². The van der Waals surface area contributed by atoms with Crippen molar-refractivity contribution in [1.82, 2.24) is 14.8 Å². The van der Waals surface area contributed by atoms with Crippen molar-refractivity contribution < 1.29 is 0 Å². The zero-order valence-electron chi connectivity index (χ0n) is 9.04. The van der Waals surface area contributed by atoms with Gasteiger partial charge >= 0.3 is 0 Å². The smallest absolute Gasteiger partial charge is 0.126 e. The second kappa shape index (κ2) is 6.35. The van der Waals surface area contributed by atoms with Gasteiger partial charge in [-0.15, -0.1) is 24.8 Å². The molecule has 1 N–H and O–H groups in total. The van der Waals surface area contributed by atoms with Crippen LogP contribution in [0.3, 0.4) is 0 Å². The maximum absolute atomic E-state index is 4.42. The average molecular weight is 261 g/mol. The fraction of sp³-hybridized carbons (Fsp3) is 0.200. The van der Waals surface area contributed by atoms with Crippen LogP contribution < -0.4 is 5.32 Å². The van der Waals surface area contributed by atoms with Crippen LogP contribution in [0, 0.1) is 0 Å². The molecule has 6 heteroatoms. The number of hydrogen-bond acceptors (Lipinski definition) is 3. The van der Waals surface area contributed by atoms with Gasteiger partial charge in [0, 0.05) is 20.3 Å². The van der Waals surface area contributed by atoms with Gasteiger partial charge in [-0.25, -0.2) is 4.98 Å². The van der Waals surface area contributed by atoms with Gasteiger partial charge in [0.1, 0.15) is 5.82 Å². The largest absolute Gasteiger partial charge is 0.373 e. The van der Waals surface area contributed by atoms with E-state index in [9.17, 15) is 0 Å². The van der Waals surface area contributed by atoms with E-state index in [2.05, 4.69) is 15.4 Å². The van der Waals surface area contributed by atoms with Gasteiger partial charge in [0.05, 0.1) is 11.4 Å². The number of aromatic nitrogens is 3. The van der Waals surface area contributed by atoms with Gasteiger partial charge < -0.3 is 5.32 Å². The molecular weight excluding hydrogens is 247 g/mol. The number of rotatable bonds is 2. The van der Waals surface area contributed by atoms with Crippen molar-refractivity contribution in [1.29, 1.82) is 0 Å². The first-order valence-electron chi connectivity index (χ1n) is 4.44. The third-order valence-corrected chi connectivity index (χ3v) is 2.09. The van der Waals surface area contributed by atoms with E-state index in [1.807, 2.05) is 43.0 Å². The average Bonchev–Trinajstić information content (AvgIpc) is 2.65. The zero-order valence-corrected chi connectivity index (χ0v) is 10.7. The van der Waals surface area contributed by atoms with Crippen LogP contribution in [0.2, 0.25) is 0 Å². The van der Waals surface area contributed by atoms with Crippen LogP contribution in [0.25, 0.3) is 11.4 Å². The first-order valence-corrected chi connectivity index (χ1v) is 4.44. The minimum atomic E-state index is 0. The van der Waals surface area contributed by atoms with E-state index in [0.29, 0.717) is 0 Å². The SMILES string of the molecule is CNc1cccc(-c2ccnn2C)n1.Cl.Cl. The molecule has 2 aromatic heterocycles. The molecular formula is C10H14Cl2N4. The van der Waals surface area contributed by atoms with Crippen LogP contribution >= 0.6 is 24.8 Å². The predicted octanol–water partition coefficient (Wildman–Crippen LogP) is 2.37. The topological polar surface area (TPSA) is 42.7 Å².